The van der Waals surface area contributed by atoms with Crippen molar-refractivity contribution in [2.24, 2.45) is 4.99 Å². The monoisotopic (exact) mass is 328 g/mol. The zero-order valence-electron chi connectivity index (χ0n) is 14.4. The van der Waals surface area contributed by atoms with E-state index in [-0.39, 0.29) is 0 Å². The molecule has 2 fully saturated rings. The molecule has 0 saturated carbocycles. The molecule has 2 aliphatic rings. The van der Waals surface area contributed by atoms with Crippen LogP contribution in [-0.2, 0) is 14.2 Å². The summed E-state index contributed by atoms with van der Waals surface area (Å²) in [4.78, 5) is 6.65. The van der Waals surface area contributed by atoms with Crippen LogP contribution in [-0.4, -0.2) is 89.8 Å². The highest BCUT2D eigenvalue weighted by atomic mass is 16.5. The van der Waals surface area contributed by atoms with E-state index in [0.717, 1.165) is 84.6 Å². The Morgan fingerprint density at radius 1 is 1.22 bits per heavy atom. The molecule has 0 amide bonds. The topological polar surface area (TPSA) is 67.4 Å². The largest absolute Gasteiger partial charge is 0.379 e. The standard InChI is InChI=1S/C16H32N4O3/c1-17-16(19-6-7-20-8-12-21-13-9-20)18-5-3-10-22-14-15-4-2-11-23-15/h15H,2-14H2,1H3,(H2,17,18,19). The first-order chi connectivity index (χ1) is 11.4. The first-order valence-electron chi connectivity index (χ1n) is 8.82. The molecule has 0 aromatic heterocycles. The van der Waals surface area contributed by atoms with E-state index in [9.17, 15) is 0 Å². The SMILES string of the molecule is CN=C(NCCCOCC1CCCO1)NCCN1CCOCC1. The summed E-state index contributed by atoms with van der Waals surface area (Å²) in [5, 5.41) is 6.67. The van der Waals surface area contributed by atoms with E-state index in [1.54, 1.807) is 7.05 Å². The molecule has 1 atom stereocenters. The minimum absolute atomic E-state index is 0.317. The van der Waals surface area contributed by atoms with Crippen LogP contribution in [0.4, 0.5) is 0 Å². The Kier molecular flexibility index (Phi) is 9.32. The molecule has 0 aromatic rings. The van der Waals surface area contributed by atoms with Crippen molar-refractivity contribution >= 4 is 5.96 Å². The van der Waals surface area contributed by atoms with Crippen molar-refractivity contribution in [1.82, 2.24) is 15.5 Å². The summed E-state index contributed by atoms with van der Waals surface area (Å²) in [6.45, 7) is 8.90. The van der Waals surface area contributed by atoms with Crippen LogP contribution in [0.25, 0.3) is 0 Å². The summed E-state index contributed by atoms with van der Waals surface area (Å²) < 4.78 is 16.5. The van der Waals surface area contributed by atoms with Crippen molar-refractivity contribution < 1.29 is 14.2 Å². The van der Waals surface area contributed by atoms with E-state index in [1.807, 2.05) is 0 Å². The number of nitrogens with one attached hydrogen (secondary N) is 2. The molecule has 0 aliphatic carbocycles. The fourth-order valence-electron chi connectivity index (χ4n) is 2.75. The molecule has 0 aromatic carbocycles. The van der Waals surface area contributed by atoms with E-state index in [4.69, 9.17) is 14.2 Å². The van der Waals surface area contributed by atoms with Gasteiger partial charge in [0.25, 0.3) is 0 Å². The van der Waals surface area contributed by atoms with Gasteiger partial charge in [0.1, 0.15) is 0 Å². The molecule has 2 heterocycles. The van der Waals surface area contributed by atoms with E-state index in [0.29, 0.717) is 6.10 Å². The summed E-state index contributed by atoms with van der Waals surface area (Å²) >= 11 is 0. The maximum absolute atomic E-state index is 5.65. The van der Waals surface area contributed by atoms with Crippen LogP contribution in [0.3, 0.4) is 0 Å². The Morgan fingerprint density at radius 3 is 2.78 bits per heavy atom. The molecule has 0 spiro atoms. The van der Waals surface area contributed by atoms with Gasteiger partial charge in [-0.15, -0.1) is 0 Å². The maximum Gasteiger partial charge on any atom is 0.191 e. The lowest BCUT2D eigenvalue weighted by Gasteiger charge is -2.26. The van der Waals surface area contributed by atoms with Crippen molar-refractivity contribution in [2.75, 3.05) is 72.8 Å². The second-order valence-electron chi connectivity index (χ2n) is 5.94. The van der Waals surface area contributed by atoms with Crippen LogP contribution in [0.15, 0.2) is 4.99 Å². The van der Waals surface area contributed by atoms with Crippen LogP contribution >= 0.6 is 0 Å². The summed E-state index contributed by atoms with van der Waals surface area (Å²) in [7, 11) is 1.80. The molecular formula is C16H32N4O3. The smallest absolute Gasteiger partial charge is 0.191 e. The van der Waals surface area contributed by atoms with Crippen LogP contribution in [0.5, 0.6) is 0 Å². The lowest BCUT2D eigenvalue weighted by Crippen LogP contribution is -2.44. The molecular weight excluding hydrogens is 296 g/mol. The Balaban J connectivity index is 1.42. The fraction of sp³-hybridized carbons (Fsp3) is 0.938. The third kappa shape index (κ3) is 7.97. The zero-order valence-corrected chi connectivity index (χ0v) is 14.4. The Bertz CT molecular complexity index is 329. The van der Waals surface area contributed by atoms with Crippen LogP contribution < -0.4 is 10.6 Å². The lowest BCUT2D eigenvalue weighted by molar-refractivity contribution is 0.0168. The number of guanidine groups is 1. The quantitative estimate of drug-likeness (QED) is 0.355. The number of hydrogen-bond donors (Lipinski definition) is 2. The molecule has 134 valence electrons. The van der Waals surface area contributed by atoms with E-state index in [1.165, 1.54) is 6.42 Å². The van der Waals surface area contributed by atoms with E-state index in [2.05, 4.69) is 20.5 Å². The average molecular weight is 328 g/mol. The van der Waals surface area contributed by atoms with Gasteiger partial charge in [-0.25, -0.2) is 0 Å². The predicted octanol–water partition coefficient (Wildman–Crippen LogP) is 0.0693. The number of nitrogens with zero attached hydrogens (tertiary/aromatic N) is 2. The molecule has 23 heavy (non-hydrogen) atoms. The number of morpholine rings is 1. The van der Waals surface area contributed by atoms with Gasteiger partial charge >= 0.3 is 0 Å². The van der Waals surface area contributed by atoms with Gasteiger partial charge in [0.2, 0.25) is 0 Å². The predicted molar refractivity (Wildman–Crippen MR) is 91.0 cm³/mol. The van der Waals surface area contributed by atoms with Crippen molar-refractivity contribution in [2.45, 2.75) is 25.4 Å². The minimum Gasteiger partial charge on any atom is -0.379 e. The van der Waals surface area contributed by atoms with Crippen LogP contribution in [0.1, 0.15) is 19.3 Å². The normalized spacial score (nSPS) is 23.2. The number of aliphatic imine (C=N–C) groups is 1. The highest BCUT2D eigenvalue weighted by Gasteiger charge is 2.14. The summed E-state index contributed by atoms with van der Waals surface area (Å²) in [5.41, 5.74) is 0. The van der Waals surface area contributed by atoms with Crippen molar-refractivity contribution in [3.05, 3.63) is 0 Å². The molecule has 2 rings (SSSR count). The minimum atomic E-state index is 0.317. The van der Waals surface area contributed by atoms with E-state index >= 15 is 0 Å². The molecule has 0 bridgehead atoms. The summed E-state index contributed by atoms with van der Waals surface area (Å²) in [6, 6.07) is 0. The zero-order chi connectivity index (χ0) is 16.2. The molecule has 7 nitrogen and oxygen atoms in total. The molecule has 2 saturated heterocycles. The molecule has 2 aliphatic heterocycles. The molecule has 7 heteroatoms. The van der Waals surface area contributed by atoms with Gasteiger partial charge < -0.3 is 24.8 Å². The highest BCUT2D eigenvalue weighted by Crippen LogP contribution is 2.11. The Morgan fingerprint density at radius 2 is 2.04 bits per heavy atom. The van der Waals surface area contributed by atoms with Crippen molar-refractivity contribution in [1.29, 1.82) is 0 Å². The summed E-state index contributed by atoms with van der Waals surface area (Å²) in [5.74, 6) is 0.859. The Labute approximate surface area is 139 Å². The molecule has 1 unspecified atom stereocenters. The average Bonchev–Trinajstić information content (AvgIpc) is 3.10. The van der Waals surface area contributed by atoms with Crippen LogP contribution in [0, 0.1) is 0 Å². The summed E-state index contributed by atoms with van der Waals surface area (Å²) in [6.07, 6.45) is 3.59. The van der Waals surface area contributed by atoms with Crippen molar-refractivity contribution in [3.8, 4) is 0 Å². The highest BCUT2D eigenvalue weighted by molar-refractivity contribution is 5.79. The van der Waals surface area contributed by atoms with Crippen LogP contribution in [0.2, 0.25) is 0 Å². The number of ether oxygens (including phenoxy) is 3. The number of hydrogen-bond acceptors (Lipinski definition) is 5. The third-order valence-electron chi connectivity index (χ3n) is 4.13. The van der Waals surface area contributed by atoms with Gasteiger partial charge in [-0.05, 0) is 19.3 Å². The number of rotatable bonds is 9. The van der Waals surface area contributed by atoms with Gasteiger partial charge in [-0.3, -0.25) is 9.89 Å². The maximum atomic E-state index is 5.65. The second-order valence-corrected chi connectivity index (χ2v) is 5.94. The van der Waals surface area contributed by atoms with Gasteiger partial charge in [0.15, 0.2) is 5.96 Å². The van der Waals surface area contributed by atoms with E-state index < -0.39 is 0 Å². The second kappa shape index (κ2) is 11.6. The molecule has 0 radical (unpaired) electrons. The Hall–Kier alpha value is -0.890. The van der Waals surface area contributed by atoms with Gasteiger partial charge in [0.05, 0.1) is 25.9 Å². The molecule has 2 N–H and O–H groups in total. The van der Waals surface area contributed by atoms with Crippen molar-refractivity contribution in [3.63, 3.8) is 0 Å². The lowest BCUT2D eigenvalue weighted by atomic mass is 10.2. The van der Waals surface area contributed by atoms with Gasteiger partial charge in [-0.1, -0.05) is 0 Å². The van der Waals surface area contributed by atoms with Gasteiger partial charge in [0, 0.05) is 53.0 Å². The first kappa shape index (κ1) is 18.4. The third-order valence-corrected chi connectivity index (χ3v) is 4.13. The first-order valence-corrected chi connectivity index (χ1v) is 8.82. The van der Waals surface area contributed by atoms with Gasteiger partial charge in [-0.2, -0.15) is 0 Å². The fourth-order valence-corrected chi connectivity index (χ4v) is 2.75.